The summed E-state index contributed by atoms with van der Waals surface area (Å²) in [6, 6.07) is 5.30. The molecule has 14 heavy (non-hydrogen) atoms. The summed E-state index contributed by atoms with van der Waals surface area (Å²) < 4.78 is 0. The average Bonchev–Trinajstić information content (AvgIpc) is 2.14. The first-order valence-electron chi connectivity index (χ1n) is 4.13. The van der Waals surface area contributed by atoms with Crippen LogP contribution in [0.4, 0.5) is 0 Å². The average molecular weight is 186 g/mol. The van der Waals surface area contributed by atoms with Gasteiger partial charge in [0, 0.05) is 6.20 Å². The Morgan fingerprint density at radius 1 is 1.50 bits per heavy atom. The second-order valence-corrected chi connectivity index (χ2v) is 3.32. The number of rotatable bonds is 0. The van der Waals surface area contributed by atoms with Crippen LogP contribution in [0.5, 0.6) is 0 Å². The Labute approximate surface area is 83.0 Å². The first-order chi connectivity index (χ1) is 6.53. The maximum atomic E-state index is 9.36. The summed E-state index contributed by atoms with van der Waals surface area (Å²) >= 11 is 0. The molecular weight excluding hydrogens is 176 g/mol. The summed E-state index contributed by atoms with van der Waals surface area (Å²) in [5.74, 6) is 5.28. The van der Waals surface area contributed by atoms with Crippen molar-refractivity contribution in [1.29, 1.82) is 5.26 Å². The van der Waals surface area contributed by atoms with Crippen molar-refractivity contribution in [3.63, 3.8) is 0 Å². The fraction of sp³-hybridized carbons (Fsp3) is 0.273. The number of nitrogens with zero attached hydrogens (tertiary/aromatic N) is 2. The third-order valence-corrected chi connectivity index (χ3v) is 1.41. The molecule has 3 nitrogen and oxygen atoms in total. The highest BCUT2D eigenvalue weighted by Gasteiger charge is 2.06. The minimum atomic E-state index is -1.07. The van der Waals surface area contributed by atoms with Crippen LogP contribution in [-0.2, 0) is 0 Å². The van der Waals surface area contributed by atoms with Gasteiger partial charge in [0.25, 0.3) is 0 Å². The first-order valence-corrected chi connectivity index (χ1v) is 4.13. The molecule has 1 aromatic heterocycles. The van der Waals surface area contributed by atoms with Gasteiger partial charge in [0.15, 0.2) is 0 Å². The molecule has 0 amide bonds. The molecule has 0 aliphatic rings. The molecule has 0 atom stereocenters. The predicted molar refractivity (Wildman–Crippen MR) is 52.1 cm³/mol. The lowest BCUT2D eigenvalue weighted by Crippen LogP contribution is -2.14. The van der Waals surface area contributed by atoms with Crippen molar-refractivity contribution >= 4 is 0 Å². The molecule has 3 heteroatoms. The molecular formula is C11H10N2O. The van der Waals surface area contributed by atoms with Gasteiger partial charge in [0.2, 0.25) is 0 Å². The van der Waals surface area contributed by atoms with Crippen LogP contribution >= 0.6 is 0 Å². The summed E-state index contributed by atoms with van der Waals surface area (Å²) in [7, 11) is 0. The fourth-order valence-electron chi connectivity index (χ4n) is 0.807. The second kappa shape index (κ2) is 3.91. The van der Waals surface area contributed by atoms with Gasteiger partial charge in [0.1, 0.15) is 17.4 Å². The third kappa shape index (κ3) is 2.90. The van der Waals surface area contributed by atoms with Crippen molar-refractivity contribution in [2.24, 2.45) is 0 Å². The lowest BCUT2D eigenvalue weighted by Gasteiger charge is -2.05. The van der Waals surface area contributed by atoms with Crippen LogP contribution in [0.15, 0.2) is 18.3 Å². The van der Waals surface area contributed by atoms with Gasteiger partial charge in [-0.2, -0.15) is 5.26 Å². The van der Waals surface area contributed by atoms with Gasteiger partial charge < -0.3 is 5.11 Å². The standard InChI is InChI=1S/C11H10N2O/c1-11(2,14)6-5-10-9(8-12)4-3-7-13-10/h3-4,7,14H,1-2H3. The van der Waals surface area contributed by atoms with E-state index >= 15 is 0 Å². The SMILES string of the molecule is CC(C)(O)C#Cc1ncccc1C#N. The zero-order valence-electron chi connectivity index (χ0n) is 8.07. The van der Waals surface area contributed by atoms with E-state index in [1.807, 2.05) is 6.07 Å². The second-order valence-electron chi connectivity index (χ2n) is 3.32. The largest absolute Gasteiger partial charge is 0.378 e. The van der Waals surface area contributed by atoms with Crippen molar-refractivity contribution < 1.29 is 5.11 Å². The van der Waals surface area contributed by atoms with E-state index in [9.17, 15) is 5.11 Å². The summed E-state index contributed by atoms with van der Waals surface area (Å²) in [5, 5.41) is 18.1. The highest BCUT2D eigenvalue weighted by molar-refractivity contribution is 5.43. The Bertz CT molecular complexity index is 427. The number of hydrogen-bond acceptors (Lipinski definition) is 3. The third-order valence-electron chi connectivity index (χ3n) is 1.41. The molecule has 0 radical (unpaired) electrons. The molecule has 0 bridgehead atoms. The summed E-state index contributed by atoms with van der Waals surface area (Å²) in [6.07, 6.45) is 1.56. The first kappa shape index (κ1) is 10.2. The number of nitriles is 1. The molecule has 1 N–H and O–H groups in total. The molecule has 0 saturated carbocycles. The topological polar surface area (TPSA) is 56.9 Å². The quantitative estimate of drug-likeness (QED) is 0.617. The number of aromatic nitrogens is 1. The van der Waals surface area contributed by atoms with Crippen molar-refractivity contribution in [2.75, 3.05) is 0 Å². The van der Waals surface area contributed by atoms with Gasteiger partial charge in [-0.15, -0.1) is 0 Å². The molecule has 0 fully saturated rings. The van der Waals surface area contributed by atoms with Crippen LogP contribution in [-0.4, -0.2) is 15.7 Å². The Morgan fingerprint density at radius 2 is 2.21 bits per heavy atom. The van der Waals surface area contributed by atoms with Gasteiger partial charge in [-0.1, -0.05) is 5.92 Å². The summed E-state index contributed by atoms with van der Waals surface area (Å²) in [4.78, 5) is 3.95. The van der Waals surface area contributed by atoms with Gasteiger partial charge in [0.05, 0.1) is 5.56 Å². The van der Waals surface area contributed by atoms with E-state index < -0.39 is 5.60 Å². The molecule has 0 aliphatic heterocycles. The van der Waals surface area contributed by atoms with E-state index in [1.54, 1.807) is 32.2 Å². The maximum absolute atomic E-state index is 9.36. The highest BCUT2D eigenvalue weighted by atomic mass is 16.3. The fourth-order valence-corrected chi connectivity index (χ4v) is 0.807. The minimum absolute atomic E-state index is 0.400. The van der Waals surface area contributed by atoms with Crippen LogP contribution in [0, 0.1) is 23.2 Å². The van der Waals surface area contributed by atoms with Gasteiger partial charge in [-0.05, 0) is 31.9 Å². The Kier molecular flexibility index (Phi) is 2.86. The van der Waals surface area contributed by atoms with E-state index in [-0.39, 0.29) is 0 Å². The lowest BCUT2D eigenvalue weighted by atomic mass is 10.1. The summed E-state index contributed by atoms with van der Waals surface area (Å²) in [5.41, 5.74) is -0.245. The van der Waals surface area contributed by atoms with Gasteiger partial charge in [-0.25, -0.2) is 4.98 Å². The van der Waals surface area contributed by atoms with Crippen LogP contribution < -0.4 is 0 Å². The predicted octanol–water partition coefficient (Wildman–Crippen LogP) is 1.08. The molecule has 0 saturated heterocycles. The van der Waals surface area contributed by atoms with E-state index in [2.05, 4.69) is 16.8 Å². The Morgan fingerprint density at radius 3 is 2.79 bits per heavy atom. The van der Waals surface area contributed by atoms with Crippen molar-refractivity contribution in [3.8, 4) is 17.9 Å². The smallest absolute Gasteiger partial charge is 0.130 e. The van der Waals surface area contributed by atoms with Crippen LogP contribution in [0.2, 0.25) is 0 Å². The minimum Gasteiger partial charge on any atom is -0.378 e. The zero-order chi connectivity index (χ0) is 10.6. The number of aliphatic hydroxyl groups is 1. The highest BCUT2D eigenvalue weighted by Crippen LogP contribution is 2.03. The normalized spacial score (nSPS) is 9.86. The Balaban J connectivity index is 3.08. The van der Waals surface area contributed by atoms with Crippen molar-refractivity contribution in [1.82, 2.24) is 4.98 Å². The van der Waals surface area contributed by atoms with Crippen molar-refractivity contribution in [3.05, 3.63) is 29.6 Å². The van der Waals surface area contributed by atoms with Crippen LogP contribution in [0.25, 0.3) is 0 Å². The number of pyridine rings is 1. The van der Waals surface area contributed by atoms with Gasteiger partial charge in [-0.3, -0.25) is 0 Å². The van der Waals surface area contributed by atoms with Crippen LogP contribution in [0.1, 0.15) is 25.1 Å². The monoisotopic (exact) mass is 186 g/mol. The van der Waals surface area contributed by atoms with E-state index in [0.29, 0.717) is 11.3 Å². The number of hydrogen-bond donors (Lipinski definition) is 1. The van der Waals surface area contributed by atoms with E-state index in [0.717, 1.165) is 0 Å². The molecule has 0 aliphatic carbocycles. The molecule has 70 valence electrons. The van der Waals surface area contributed by atoms with Gasteiger partial charge >= 0.3 is 0 Å². The molecule has 1 heterocycles. The van der Waals surface area contributed by atoms with Crippen molar-refractivity contribution in [2.45, 2.75) is 19.4 Å². The molecule has 0 spiro atoms. The maximum Gasteiger partial charge on any atom is 0.130 e. The molecule has 1 rings (SSSR count). The summed E-state index contributed by atoms with van der Waals surface area (Å²) in [6.45, 7) is 3.16. The Hall–Kier alpha value is -1.84. The molecule has 0 aromatic carbocycles. The van der Waals surface area contributed by atoms with E-state index in [1.165, 1.54) is 0 Å². The molecule has 0 unspecified atom stereocenters. The molecule has 1 aromatic rings. The zero-order valence-corrected chi connectivity index (χ0v) is 8.07. The lowest BCUT2D eigenvalue weighted by molar-refractivity contribution is 0.143. The van der Waals surface area contributed by atoms with Crippen LogP contribution in [0.3, 0.4) is 0 Å². The van der Waals surface area contributed by atoms with E-state index in [4.69, 9.17) is 5.26 Å².